The zero-order valence-electron chi connectivity index (χ0n) is 20.3. The molecule has 1 aliphatic rings. The van der Waals surface area contributed by atoms with E-state index in [9.17, 15) is 24.9 Å². The number of nitrogens with zero attached hydrogens (tertiary/aromatic N) is 2. The lowest BCUT2D eigenvalue weighted by Crippen LogP contribution is -2.50. The molecule has 0 bridgehead atoms. The molecule has 2 unspecified atom stereocenters. The van der Waals surface area contributed by atoms with E-state index in [1.165, 1.54) is 0 Å². The summed E-state index contributed by atoms with van der Waals surface area (Å²) in [7, 11) is -0.237. The van der Waals surface area contributed by atoms with Crippen LogP contribution in [0.3, 0.4) is 0 Å². The lowest BCUT2D eigenvalue weighted by molar-refractivity contribution is -0.131. The molecule has 2 amide bonds. The summed E-state index contributed by atoms with van der Waals surface area (Å²) < 4.78 is 10.5. The third kappa shape index (κ3) is 8.39. The van der Waals surface area contributed by atoms with E-state index in [4.69, 9.17) is 9.47 Å². The Morgan fingerprint density at radius 1 is 1.29 bits per heavy atom. The lowest BCUT2D eigenvalue weighted by atomic mass is 9.76. The zero-order valence-corrected chi connectivity index (χ0v) is 20.3. The van der Waals surface area contributed by atoms with Crippen molar-refractivity contribution in [3.8, 4) is 11.8 Å². The first-order chi connectivity index (χ1) is 16.0. The Labute approximate surface area is 201 Å². The normalized spacial score (nSPS) is 17.4. The van der Waals surface area contributed by atoms with E-state index >= 15 is 0 Å². The number of benzene rings is 1. The van der Waals surface area contributed by atoms with E-state index in [1.807, 2.05) is 26.8 Å². The highest BCUT2D eigenvalue weighted by Crippen LogP contribution is 2.23. The Morgan fingerprint density at radius 2 is 1.97 bits per heavy atom. The molecule has 1 heterocycles. The number of carbonyl (C=O) groups is 2. The summed E-state index contributed by atoms with van der Waals surface area (Å²) in [5.74, 6) is -0.681. The second-order valence-corrected chi connectivity index (χ2v) is 9.50. The average molecular weight is 471 g/mol. The van der Waals surface area contributed by atoms with Crippen molar-refractivity contribution in [2.75, 3.05) is 20.3 Å². The van der Waals surface area contributed by atoms with E-state index in [1.54, 1.807) is 42.4 Å². The van der Waals surface area contributed by atoms with Gasteiger partial charge in [0.2, 0.25) is 0 Å². The number of alkyl carbamates (subject to hydrolysis) is 1. The molecule has 184 valence electrons. The van der Waals surface area contributed by atoms with Crippen LogP contribution in [-0.4, -0.2) is 66.3 Å². The van der Waals surface area contributed by atoms with Crippen molar-refractivity contribution in [3.63, 3.8) is 0 Å². The Balaban J connectivity index is 1.99. The number of carbonyl (C=O) groups excluding carboxylic acids is 2. The highest BCUT2D eigenvalue weighted by Gasteiger charge is 2.31. The van der Waals surface area contributed by atoms with Gasteiger partial charge in [0, 0.05) is 6.54 Å². The lowest BCUT2D eigenvalue weighted by Gasteiger charge is -2.35. The van der Waals surface area contributed by atoms with E-state index in [2.05, 4.69) is 5.32 Å². The average Bonchev–Trinajstić information content (AvgIpc) is 2.80. The number of amides is 2. The first-order valence-electron chi connectivity index (χ1n) is 11.4. The maximum Gasteiger partial charge on any atom is 0.475 e. The Hall–Kier alpha value is -3.03. The monoisotopic (exact) mass is 471 g/mol. The van der Waals surface area contributed by atoms with Gasteiger partial charge in [0.05, 0.1) is 19.1 Å². The largest absolute Gasteiger partial charge is 0.497 e. The summed E-state index contributed by atoms with van der Waals surface area (Å²) in [4.78, 5) is 27.0. The number of hydrogen-bond donors (Lipinski definition) is 3. The number of nitrogens with one attached hydrogen (secondary N) is 1. The van der Waals surface area contributed by atoms with Crippen molar-refractivity contribution in [1.29, 1.82) is 5.26 Å². The van der Waals surface area contributed by atoms with Crippen LogP contribution < -0.4 is 10.1 Å². The zero-order chi connectivity index (χ0) is 25.3. The van der Waals surface area contributed by atoms with Gasteiger partial charge in [0.15, 0.2) is 0 Å². The van der Waals surface area contributed by atoms with Crippen LogP contribution >= 0.6 is 0 Å². The number of nitriles is 1. The number of allylic oxidation sites excluding steroid dienone is 1. The number of rotatable bonds is 8. The molecule has 0 spiro atoms. The fourth-order valence-corrected chi connectivity index (χ4v) is 3.78. The van der Waals surface area contributed by atoms with Gasteiger partial charge in [-0.1, -0.05) is 39.0 Å². The van der Waals surface area contributed by atoms with Gasteiger partial charge in [-0.25, -0.2) is 4.79 Å². The second kappa shape index (κ2) is 12.4. The summed E-state index contributed by atoms with van der Waals surface area (Å²) in [5.41, 5.74) is 0.525. The van der Waals surface area contributed by atoms with Crippen molar-refractivity contribution in [1.82, 2.24) is 10.2 Å². The highest BCUT2D eigenvalue weighted by molar-refractivity contribution is 6.43. The smallest absolute Gasteiger partial charge is 0.475 e. The Kier molecular flexibility index (Phi) is 9.96. The molecule has 0 aliphatic carbocycles. The molecule has 1 aromatic rings. The molecule has 3 N–H and O–H groups in total. The van der Waals surface area contributed by atoms with Crippen molar-refractivity contribution < 1.29 is 29.1 Å². The minimum absolute atomic E-state index is 0.0530. The first-order valence-corrected chi connectivity index (χ1v) is 11.4. The molecule has 34 heavy (non-hydrogen) atoms. The van der Waals surface area contributed by atoms with Gasteiger partial charge in [-0.2, -0.15) is 5.26 Å². The third-order valence-corrected chi connectivity index (χ3v) is 5.50. The van der Waals surface area contributed by atoms with Crippen LogP contribution in [0.5, 0.6) is 5.75 Å². The van der Waals surface area contributed by atoms with Gasteiger partial charge in [0.25, 0.3) is 5.91 Å². The van der Waals surface area contributed by atoms with Crippen LogP contribution in [0.4, 0.5) is 4.79 Å². The van der Waals surface area contributed by atoms with Crippen molar-refractivity contribution in [3.05, 3.63) is 41.5 Å². The molecule has 1 aliphatic heterocycles. The molecular weight excluding hydrogens is 437 g/mol. The minimum atomic E-state index is -1.79. The third-order valence-electron chi connectivity index (χ3n) is 5.50. The van der Waals surface area contributed by atoms with Crippen molar-refractivity contribution >= 4 is 19.1 Å². The molecule has 1 fully saturated rings. The SMILES string of the molecule is COc1ccc(CC(NC(=O)OCC2CCCCN2C(=O)C(C#N)=CC(C)(C)C)B(O)O)cc1. The molecule has 0 radical (unpaired) electrons. The number of likely N-dealkylation sites (tertiary alicyclic amines) is 1. The van der Waals surface area contributed by atoms with Crippen molar-refractivity contribution in [2.45, 2.75) is 58.4 Å². The van der Waals surface area contributed by atoms with Crippen LogP contribution in [-0.2, 0) is 16.0 Å². The maximum absolute atomic E-state index is 13.0. The van der Waals surface area contributed by atoms with E-state index in [0.29, 0.717) is 18.7 Å². The summed E-state index contributed by atoms with van der Waals surface area (Å²) >= 11 is 0. The van der Waals surface area contributed by atoms with Crippen molar-refractivity contribution in [2.24, 2.45) is 5.41 Å². The van der Waals surface area contributed by atoms with Crippen LogP contribution in [0.2, 0.25) is 0 Å². The molecule has 2 atom stereocenters. The molecule has 0 saturated carbocycles. The van der Waals surface area contributed by atoms with E-state index < -0.39 is 19.2 Å². The summed E-state index contributed by atoms with van der Waals surface area (Å²) in [6.07, 6.45) is 3.35. The number of ether oxygens (including phenoxy) is 2. The van der Waals surface area contributed by atoms with Gasteiger partial charge < -0.3 is 29.7 Å². The summed E-state index contributed by atoms with van der Waals surface area (Å²) in [6, 6.07) is 8.66. The molecule has 1 saturated heterocycles. The van der Waals surface area contributed by atoms with E-state index in [-0.39, 0.29) is 36.0 Å². The molecule has 0 aromatic heterocycles. The number of piperidine rings is 1. The van der Waals surface area contributed by atoms with Crippen LogP contribution in [0.15, 0.2) is 35.9 Å². The number of methoxy groups -OCH3 is 1. The second-order valence-electron chi connectivity index (χ2n) is 9.50. The molecule has 1 aromatic carbocycles. The first kappa shape index (κ1) is 27.2. The Bertz CT molecular complexity index is 905. The van der Waals surface area contributed by atoms with Crippen LogP contribution in [0, 0.1) is 16.7 Å². The van der Waals surface area contributed by atoms with Gasteiger partial charge in [-0.15, -0.1) is 0 Å². The summed E-state index contributed by atoms with van der Waals surface area (Å²) in [6.45, 7) is 6.17. The molecule has 2 rings (SSSR count). The maximum atomic E-state index is 13.0. The molecule has 10 heteroatoms. The predicted molar refractivity (Wildman–Crippen MR) is 128 cm³/mol. The molecule has 9 nitrogen and oxygen atoms in total. The predicted octanol–water partition coefficient (Wildman–Crippen LogP) is 2.22. The molecular formula is C24H34BN3O6. The van der Waals surface area contributed by atoms with E-state index in [0.717, 1.165) is 18.4 Å². The minimum Gasteiger partial charge on any atom is -0.497 e. The van der Waals surface area contributed by atoms with Gasteiger partial charge in [-0.05, 0) is 48.8 Å². The number of hydrogen-bond acceptors (Lipinski definition) is 7. The Morgan fingerprint density at radius 3 is 2.53 bits per heavy atom. The highest BCUT2D eigenvalue weighted by atomic mass is 16.5. The van der Waals surface area contributed by atoms with Gasteiger partial charge in [0.1, 0.15) is 24.0 Å². The quantitative estimate of drug-likeness (QED) is 0.301. The topological polar surface area (TPSA) is 132 Å². The van der Waals surface area contributed by atoms with Gasteiger partial charge >= 0.3 is 13.2 Å². The standard InChI is InChI=1S/C24H34BN3O6/c1-24(2,3)14-18(15-26)22(29)28-12-6-5-7-19(28)16-34-23(30)27-21(25(31)32)13-17-8-10-20(33-4)11-9-17/h8-11,14,19,21,31-32H,5-7,12-13,16H2,1-4H3,(H,27,30). The van der Waals surface area contributed by atoms with Crippen LogP contribution in [0.1, 0.15) is 45.6 Å². The van der Waals surface area contributed by atoms with Gasteiger partial charge in [-0.3, -0.25) is 4.79 Å². The summed E-state index contributed by atoms with van der Waals surface area (Å²) in [5, 5.41) is 31.4. The fraction of sp³-hybridized carbons (Fsp3) is 0.542. The fourth-order valence-electron chi connectivity index (χ4n) is 3.78. The van der Waals surface area contributed by atoms with Crippen LogP contribution in [0.25, 0.3) is 0 Å².